The minimum Gasteiger partial charge on any atom is -0.491 e. The maximum Gasteiger partial charge on any atom is 0.193 e. The van der Waals surface area contributed by atoms with Crippen molar-refractivity contribution in [3.8, 4) is 5.75 Å². The fraction of sp³-hybridized carbons (Fsp3) is 0.500. The molecule has 0 amide bonds. The van der Waals surface area contributed by atoms with Gasteiger partial charge in [0.15, 0.2) is 5.96 Å². The molecule has 0 spiro atoms. The molecule has 1 aromatic rings. The maximum absolute atomic E-state index is 5.99. The molecule has 22 heavy (non-hydrogen) atoms. The smallest absolute Gasteiger partial charge is 0.193 e. The van der Waals surface area contributed by atoms with Gasteiger partial charge < -0.3 is 15.8 Å². The molecule has 4 heteroatoms. The van der Waals surface area contributed by atoms with E-state index in [2.05, 4.69) is 23.5 Å². The third-order valence-corrected chi connectivity index (χ3v) is 4.52. The van der Waals surface area contributed by atoms with Crippen molar-refractivity contribution < 1.29 is 4.74 Å². The summed E-state index contributed by atoms with van der Waals surface area (Å²) in [6.45, 7) is 4.08. The Hall–Kier alpha value is -1.97. The maximum atomic E-state index is 5.99. The Bertz CT molecular complexity index is 588. The Morgan fingerprint density at radius 3 is 2.77 bits per heavy atom. The lowest BCUT2D eigenvalue weighted by molar-refractivity contribution is 0.241. The Morgan fingerprint density at radius 2 is 2.09 bits per heavy atom. The molecule has 1 heterocycles. The van der Waals surface area contributed by atoms with Gasteiger partial charge in [-0.15, -0.1) is 0 Å². The zero-order valence-corrected chi connectivity index (χ0v) is 13.4. The number of nitrogens with two attached hydrogens (primary N) is 1. The van der Waals surface area contributed by atoms with Gasteiger partial charge in [0.1, 0.15) is 11.3 Å². The normalized spacial score (nSPS) is 25.1. The molecule has 0 aromatic heterocycles. The summed E-state index contributed by atoms with van der Waals surface area (Å²) in [6, 6.07) is 8.30. The third kappa shape index (κ3) is 2.82. The second-order valence-corrected chi connectivity index (χ2v) is 6.48. The van der Waals surface area contributed by atoms with Crippen LogP contribution in [0.2, 0.25) is 0 Å². The number of nitrogens with one attached hydrogen (secondary N) is 1. The Kier molecular flexibility index (Phi) is 4.10. The molecule has 1 aliphatic carbocycles. The molecule has 1 fully saturated rings. The van der Waals surface area contributed by atoms with Crippen LogP contribution in [0, 0.1) is 5.92 Å². The van der Waals surface area contributed by atoms with Gasteiger partial charge in [-0.1, -0.05) is 25.0 Å². The van der Waals surface area contributed by atoms with E-state index in [0.717, 1.165) is 5.75 Å². The van der Waals surface area contributed by atoms with Crippen molar-refractivity contribution in [3.05, 3.63) is 42.1 Å². The number of nitrogens with zero attached hydrogens (tertiary/aromatic N) is 1. The van der Waals surface area contributed by atoms with E-state index in [4.69, 9.17) is 15.5 Å². The number of benzene rings is 1. The van der Waals surface area contributed by atoms with E-state index in [9.17, 15) is 0 Å². The number of ether oxygens (including phenoxy) is 1. The van der Waals surface area contributed by atoms with E-state index in [1.54, 1.807) is 0 Å². The van der Waals surface area contributed by atoms with Crippen molar-refractivity contribution in [1.82, 2.24) is 5.32 Å². The molecule has 0 saturated heterocycles. The molecular weight excluding hydrogens is 274 g/mol. The lowest BCUT2D eigenvalue weighted by Gasteiger charge is -2.36. The van der Waals surface area contributed by atoms with E-state index in [-0.39, 0.29) is 11.6 Å². The molecule has 1 atom stereocenters. The van der Waals surface area contributed by atoms with Crippen molar-refractivity contribution in [2.24, 2.45) is 16.6 Å². The van der Waals surface area contributed by atoms with E-state index in [1.807, 2.05) is 32.2 Å². The number of rotatable bonds is 4. The molecule has 0 bridgehead atoms. The van der Waals surface area contributed by atoms with Gasteiger partial charge in [-0.2, -0.15) is 0 Å². The van der Waals surface area contributed by atoms with Crippen LogP contribution in [0.15, 0.2) is 41.5 Å². The van der Waals surface area contributed by atoms with E-state index < -0.39 is 0 Å². The van der Waals surface area contributed by atoms with Gasteiger partial charge >= 0.3 is 0 Å². The van der Waals surface area contributed by atoms with Crippen LogP contribution >= 0.6 is 0 Å². The van der Waals surface area contributed by atoms with Crippen molar-refractivity contribution in [2.75, 3.05) is 0 Å². The fourth-order valence-corrected chi connectivity index (χ4v) is 3.60. The Balaban J connectivity index is 2.02. The summed E-state index contributed by atoms with van der Waals surface area (Å²) < 4.78 is 5.86. The minimum absolute atomic E-state index is 0.162. The average Bonchev–Trinajstić information content (AvgIpc) is 3.01. The van der Waals surface area contributed by atoms with Crippen LogP contribution in [-0.4, -0.2) is 12.1 Å². The first-order valence-electron chi connectivity index (χ1n) is 8.17. The van der Waals surface area contributed by atoms with Crippen molar-refractivity contribution in [2.45, 2.75) is 51.2 Å². The first kappa shape index (κ1) is 14.9. The highest BCUT2D eigenvalue weighted by Crippen LogP contribution is 2.45. The van der Waals surface area contributed by atoms with E-state index >= 15 is 0 Å². The third-order valence-electron chi connectivity index (χ3n) is 4.52. The topological polar surface area (TPSA) is 59.6 Å². The number of hydrogen-bond acceptors (Lipinski definition) is 4. The zero-order chi connectivity index (χ0) is 15.6. The first-order chi connectivity index (χ1) is 10.6. The second-order valence-electron chi connectivity index (χ2n) is 6.48. The highest BCUT2D eigenvalue weighted by molar-refractivity contribution is 5.80. The highest BCUT2D eigenvalue weighted by Gasteiger charge is 2.41. The molecule has 0 radical (unpaired) electrons. The number of guanidine groups is 1. The van der Waals surface area contributed by atoms with E-state index in [0.29, 0.717) is 11.9 Å². The van der Waals surface area contributed by atoms with Crippen molar-refractivity contribution in [1.29, 1.82) is 0 Å². The SMILES string of the molecule is CC(C)Oc1cccc(C2(C3CCCC3)C=CNC(N)=N2)c1. The van der Waals surface area contributed by atoms with Crippen LogP contribution in [0.4, 0.5) is 0 Å². The monoisotopic (exact) mass is 299 g/mol. The predicted molar refractivity (Wildman–Crippen MR) is 89.7 cm³/mol. The zero-order valence-electron chi connectivity index (χ0n) is 13.4. The first-order valence-corrected chi connectivity index (χ1v) is 8.17. The summed E-state index contributed by atoms with van der Waals surface area (Å²) in [4.78, 5) is 4.83. The van der Waals surface area contributed by atoms with Crippen molar-refractivity contribution in [3.63, 3.8) is 0 Å². The Morgan fingerprint density at radius 1 is 1.32 bits per heavy atom. The second kappa shape index (κ2) is 6.03. The predicted octanol–water partition coefficient (Wildman–Crippen LogP) is 3.29. The summed E-state index contributed by atoms with van der Waals surface area (Å²) in [6.07, 6.45) is 9.17. The Labute approximate surface area is 132 Å². The molecule has 2 aliphatic rings. The number of hydrogen-bond donors (Lipinski definition) is 2. The van der Waals surface area contributed by atoms with Gasteiger partial charge in [0.2, 0.25) is 0 Å². The minimum atomic E-state index is -0.359. The van der Waals surface area contributed by atoms with Gasteiger partial charge in [-0.3, -0.25) is 0 Å². The average molecular weight is 299 g/mol. The van der Waals surface area contributed by atoms with Crippen LogP contribution in [0.1, 0.15) is 45.1 Å². The summed E-state index contributed by atoms with van der Waals surface area (Å²) in [7, 11) is 0. The molecule has 3 N–H and O–H groups in total. The molecule has 4 nitrogen and oxygen atoms in total. The lowest BCUT2D eigenvalue weighted by Crippen LogP contribution is -2.40. The molecule has 1 aliphatic heterocycles. The molecule has 1 unspecified atom stereocenters. The molecule has 3 rings (SSSR count). The van der Waals surface area contributed by atoms with Crippen LogP contribution in [0.25, 0.3) is 0 Å². The highest BCUT2D eigenvalue weighted by atomic mass is 16.5. The summed E-state index contributed by atoms with van der Waals surface area (Å²) in [5.41, 5.74) is 6.80. The van der Waals surface area contributed by atoms with Gasteiger partial charge in [-0.05, 0) is 56.4 Å². The van der Waals surface area contributed by atoms with Crippen LogP contribution in [0.3, 0.4) is 0 Å². The number of aliphatic imine (C=N–C) groups is 1. The molecular formula is C18H25N3O. The van der Waals surface area contributed by atoms with Crippen LogP contribution < -0.4 is 15.8 Å². The lowest BCUT2D eigenvalue weighted by atomic mass is 9.77. The quantitative estimate of drug-likeness (QED) is 0.897. The summed E-state index contributed by atoms with van der Waals surface area (Å²) in [5, 5.41) is 2.99. The molecule has 1 saturated carbocycles. The summed E-state index contributed by atoms with van der Waals surface area (Å²) in [5.74, 6) is 1.88. The molecule has 118 valence electrons. The van der Waals surface area contributed by atoms with Gasteiger partial charge in [-0.25, -0.2) is 4.99 Å². The van der Waals surface area contributed by atoms with Crippen LogP contribution in [-0.2, 0) is 5.54 Å². The largest absolute Gasteiger partial charge is 0.491 e. The molecule has 1 aromatic carbocycles. The van der Waals surface area contributed by atoms with Crippen LogP contribution in [0.5, 0.6) is 5.75 Å². The van der Waals surface area contributed by atoms with E-state index in [1.165, 1.54) is 31.2 Å². The van der Waals surface area contributed by atoms with Gasteiger partial charge in [0.25, 0.3) is 0 Å². The summed E-state index contributed by atoms with van der Waals surface area (Å²) >= 11 is 0. The van der Waals surface area contributed by atoms with Gasteiger partial charge in [0.05, 0.1) is 6.10 Å². The standard InChI is InChI=1S/C18H25N3O/c1-13(2)22-16-9-5-8-15(12-16)18(14-6-3-4-7-14)10-11-20-17(19)21-18/h5,8-14H,3-4,6-7H2,1-2H3,(H3,19,20,21). The fourth-order valence-electron chi connectivity index (χ4n) is 3.60. The van der Waals surface area contributed by atoms with Gasteiger partial charge in [0, 0.05) is 6.20 Å². The van der Waals surface area contributed by atoms with Crippen molar-refractivity contribution >= 4 is 5.96 Å².